The molecule has 0 aromatic heterocycles. The minimum absolute atomic E-state index is 0.117. The molecule has 5 aromatic rings. The monoisotopic (exact) mass is 632 g/mol. The van der Waals surface area contributed by atoms with E-state index in [4.69, 9.17) is 11.4 Å². The van der Waals surface area contributed by atoms with Gasteiger partial charge in [0.25, 0.3) is 0 Å². The molecule has 1 fully saturated rings. The molecule has 2 aliphatic carbocycles. The van der Waals surface area contributed by atoms with Gasteiger partial charge in [-0.3, -0.25) is 4.99 Å². The highest BCUT2D eigenvalue weighted by Crippen LogP contribution is 2.51. The third-order valence-corrected chi connectivity index (χ3v) is 10.1. The standard InChI is InChI=1S/C47H40N2/c1-4-15-34(16-5-2)47-48-28-14-6-7-17-32(3)49(47)38-26-27-43(44-31-37(44)30-38)46-41-22-12-10-20-39(41)45(40-21-11-13-23-42(40)46)36-25-24-33-18-8-9-19-35(33)29-36/h1,5,7-13,15-27,29-30,32,37H,6,14,28,31H2,2-3H3/b16-5-,17-7-,34-15+,48-47?. The fourth-order valence-corrected chi connectivity index (χ4v) is 7.75. The summed E-state index contributed by atoms with van der Waals surface area (Å²) < 4.78 is 0. The van der Waals surface area contributed by atoms with Crippen LogP contribution in [0.4, 0.5) is 0 Å². The Bertz CT molecular complexity index is 2330. The lowest BCUT2D eigenvalue weighted by Crippen LogP contribution is -2.37. The number of fused-ring (bicyclic) bond motifs is 4. The SMILES string of the molecule is C#C/C=C(\C=C/C)C1=NCCC/C=C\C(C)N1C1=CC2CC2=C(c2c3ccccc3c(-c3ccc4ccccc4c3)c3ccccc23)C=C1. The van der Waals surface area contributed by atoms with Crippen LogP contribution in [0.1, 0.15) is 38.7 Å². The van der Waals surface area contributed by atoms with E-state index in [1.165, 1.54) is 65.9 Å². The molecule has 3 aliphatic rings. The van der Waals surface area contributed by atoms with Crippen molar-refractivity contribution < 1.29 is 0 Å². The Morgan fingerprint density at radius 2 is 1.55 bits per heavy atom. The van der Waals surface area contributed by atoms with Crippen molar-refractivity contribution in [2.75, 3.05) is 6.54 Å². The topological polar surface area (TPSA) is 15.6 Å². The maximum Gasteiger partial charge on any atom is 0.136 e. The molecule has 0 bridgehead atoms. The van der Waals surface area contributed by atoms with Crippen LogP contribution in [-0.4, -0.2) is 23.3 Å². The lowest BCUT2D eigenvalue weighted by Gasteiger charge is -2.32. The van der Waals surface area contributed by atoms with Gasteiger partial charge in [-0.25, -0.2) is 0 Å². The summed E-state index contributed by atoms with van der Waals surface area (Å²) in [5, 5.41) is 7.67. The van der Waals surface area contributed by atoms with Gasteiger partial charge in [0.2, 0.25) is 0 Å². The van der Waals surface area contributed by atoms with Crippen LogP contribution in [0.15, 0.2) is 161 Å². The first-order chi connectivity index (χ1) is 24.2. The molecule has 0 N–H and O–H groups in total. The van der Waals surface area contributed by atoms with Crippen molar-refractivity contribution in [1.29, 1.82) is 0 Å². The normalized spacial score (nSPS) is 20.3. The molecule has 1 aliphatic heterocycles. The molecule has 0 saturated heterocycles. The summed E-state index contributed by atoms with van der Waals surface area (Å²) in [4.78, 5) is 7.56. The second kappa shape index (κ2) is 13.1. The number of nitrogens with zero attached hydrogens (tertiary/aromatic N) is 2. The summed E-state index contributed by atoms with van der Waals surface area (Å²) in [5.41, 5.74) is 8.85. The maximum atomic E-state index is 5.84. The number of aliphatic imine (C=N–C) groups is 1. The molecule has 49 heavy (non-hydrogen) atoms. The highest BCUT2D eigenvalue weighted by atomic mass is 15.2. The first kappa shape index (κ1) is 30.7. The molecular formula is C47H40N2. The van der Waals surface area contributed by atoms with E-state index in [9.17, 15) is 0 Å². The number of amidine groups is 1. The molecule has 1 heterocycles. The Morgan fingerprint density at radius 1 is 0.857 bits per heavy atom. The van der Waals surface area contributed by atoms with Crippen molar-refractivity contribution >= 4 is 43.7 Å². The van der Waals surface area contributed by atoms with E-state index in [1.54, 1.807) is 0 Å². The van der Waals surface area contributed by atoms with E-state index < -0.39 is 0 Å². The van der Waals surface area contributed by atoms with Crippen molar-refractivity contribution in [3.63, 3.8) is 0 Å². The number of hydrogen-bond acceptors (Lipinski definition) is 2. The van der Waals surface area contributed by atoms with E-state index >= 15 is 0 Å². The van der Waals surface area contributed by atoms with Gasteiger partial charge in [0.1, 0.15) is 5.84 Å². The smallest absolute Gasteiger partial charge is 0.136 e. The second-order valence-electron chi connectivity index (χ2n) is 13.2. The zero-order valence-electron chi connectivity index (χ0n) is 28.2. The molecule has 2 nitrogen and oxygen atoms in total. The lowest BCUT2D eigenvalue weighted by molar-refractivity contribution is 0.470. The van der Waals surface area contributed by atoms with Crippen molar-refractivity contribution in [1.82, 2.24) is 4.90 Å². The van der Waals surface area contributed by atoms with E-state index in [2.05, 4.69) is 145 Å². The summed E-state index contributed by atoms with van der Waals surface area (Å²) >= 11 is 0. The quantitative estimate of drug-likeness (QED) is 0.0815. The zero-order chi connectivity index (χ0) is 33.3. The molecule has 8 rings (SSSR count). The number of terminal acetylenes is 1. The molecule has 0 amide bonds. The highest BCUT2D eigenvalue weighted by Gasteiger charge is 2.35. The molecule has 2 heteroatoms. The minimum Gasteiger partial charge on any atom is -0.320 e. The van der Waals surface area contributed by atoms with E-state index in [0.29, 0.717) is 5.92 Å². The Labute approximate surface area is 289 Å². The Balaban J connectivity index is 1.29. The number of allylic oxidation sites excluding steroid dienone is 8. The molecule has 2 unspecified atom stereocenters. The summed E-state index contributed by atoms with van der Waals surface area (Å²) in [6.07, 6.45) is 26.7. The molecule has 1 saturated carbocycles. The van der Waals surface area contributed by atoms with E-state index in [0.717, 1.165) is 37.2 Å². The molecule has 2 atom stereocenters. The second-order valence-corrected chi connectivity index (χ2v) is 13.2. The summed E-state index contributed by atoms with van der Waals surface area (Å²) in [6.45, 7) is 5.05. The van der Waals surface area contributed by atoms with Crippen LogP contribution < -0.4 is 0 Å². The van der Waals surface area contributed by atoms with Crippen molar-refractivity contribution in [3.8, 4) is 23.5 Å². The molecule has 0 radical (unpaired) electrons. The fourth-order valence-electron chi connectivity index (χ4n) is 7.75. The van der Waals surface area contributed by atoms with Crippen LogP contribution in [0.3, 0.4) is 0 Å². The summed E-state index contributed by atoms with van der Waals surface area (Å²) in [6, 6.07) is 33.6. The van der Waals surface area contributed by atoms with Crippen molar-refractivity contribution in [2.24, 2.45) is 10.9 Å². The Kier molecular flexibility index (Phi) is 8.20. The molecular weight excluding hydrogens is 593 g/mol. The van der Waals surface area contributed by atoms with Gasteiger partial charge in [0, 0.05) is 23.7 Å². The van der Waals surface area contributed by atoms with Crippen LogP contribution in [0.5, 0.6) is 0 Å². The fraction of sp³-hybridized carbons (Fsp3) is 0.170. The predicted octanol–water partition coefficient (Wildman–Crippen LogP) is 11.6. The number of hydrogen-bond donors (Lipinski definition) is 0. The molecule has 238 valence electrons. The van der Waals surface area contributed by atoms with Gasteiger partial charge in [-0.2, -0.15) is 0 Å². The zero-order valence-corrected chi connectivity index (χ0v) is 28.2. The highest BCUT2D eigenvalue weighted by molar-refractivity contribution is 6.20. The number of benzene rings is 5. The van der Waals surface area contributed by atoms with Gasteiger partial charge in [0.05, 0.1) is 6.04 Å². The van der Waals surface area contributed by atoms with Gasteiger partial charge in [-0.05, 0) is 106 Å². The van der Waals surface area contributed by atoms with Gasteiger partial charge >= 0.3 is 0 Å². The average molecular weight is 633 g/mol. The summed E-state index contributed by atoms with van der Waals surface area (Å²) in [5.74, 6) is 4.09. The van der Waals surface area contributed by atoms with Crippen LogP contribution in [0.2, 0.25) is 0 Å². The van der Waals surface area contributed by atoms with Crippen LogP contribution in [0.25, 0.3) is 49.0 Å². The lowest BCUT2D eigenvalue weighted by atomic mass is 9.85. The Morgan fingerprint density at radius 3 is 2.27 bits per heavy atom. The molecule has 0 spiro atoms. The first-order valence-electron chi connectivity index (χ1n) is 17.5. The first-order valence-corrected chi connectivity index (χ1v) is 17.5. The van der Waals surface area contributed by atoms with Gasteiger partial charge < -0.3 is 4.90 Å². The van der Waals surface area contributed by atoms with Crippen LogP contribution in [-0.2, 0) is 0 Å². The largest absolute Gasteiger partial charge is 0.320 e. The third-order valence-electron chi connectivity index (χ3n) is 10.1. The van der Waals surface area contributed by atoms with E-state index in [-0.39, 0.29) is 6.04 Å². The van der Waals surface area contributed by atoms with E-state index in [1.807, 2.05) is 19.1 Å². The van der Waals surface area contributed by atoms with Gasteiger partial charge in [-0.15, -0.1) is 6.42 Å². The summed E-state index contributed by atoms with van der Waals surface area (Å²) in [7, 11) is 0. The third kappa shape index (κ3) is 5.66. The Hall–Kier alpha value is -5.65. The molecule has 5 aromatic carbocycles. The van der Waals surface area contributed by atoms with Crippen molar-refractivity contribution in [2.45, 2.75) is 39.2 Å². The van der Waals surface area contributed by atoms with Gasteiger partial charge in [-0.1, -0.05) is 133 Å². The minimum atomic E-state index is 0.117. The number of rotatable bonds is 5. The van der Waals surface area contributed by atoms with Crippen LogP contribution in [0, 0.1) is 18.3 Å². The van der Waals surface area contributed by atoms with Crippen LogP contribution >= 0.6 is 0 Å². The van der Waals surface area contributed by atoms with Crippen molar-refractivity contribution in [3.05, 3.63) is 162 Å². The average Bonchev–Trinajstić information content (AvgIpc) is 3.90. The predicted molar refractivity (Wildman–Crippen MR) is 210 cm³/mol. The van der Waals surface area contributed by atoms with Gasteiger partial charge in [0.15, 0.2) is 0 Å². The maximum absolute atomic E-state index is 5.84.